The van der Waals surface area contributed by atoms with Gasteiger partial charge in [-0.2, -0.15) is 0 Å². The van der Waals surface area contributed by atoms with E-state index in [1.807, 2.05) is 19.1 Å². The maximum Gasteiger partial charge on any atom is 0.173 e. The molecule has 3 N–H and O–H groups in total. The van der Waals surface area contributed by atoms with Gasteiger partial charge in [-0.15, -0.1) is 0 Å². The van der Waals surface area contributed by atoms with Crippen molar-refractivity contribution in [3.63, 3.8) is 0 Å². The number of nitrogens with zero attached hydrogens (tertiary/aromatic N) is 3. The van der Waals surface area contributed by atoms with E-state index in [1.165, 1.54) is 19.3 Å². The second kappa shape index (κ2) is 5.91. The van der Waals surface area contributed by atoms with Crippen molar-refractivity contribution >= 4 is 11.7 Å². The van der Waals surface area contributed by atoms with Crippen molar-refractivity contribution in [1.29, 1.82) is 0 Å². The number of oxime groups is 1. The smallest absolute Gasteiger partial charge is 0.173 e. The Balaban J connectivity index is 2.30. The fourth-order valence-corrected chi connectivity index (χ4v) is 2.39. The second-order valence-corrected chi connectivity index (χ2v) is 5.14. The molecule has 0 amide bonds. The molecule has 0 unspecified atom stereocenters. The number of hydrogen-bond donors (Lipinski definition) is 2. The number of pyridine rings is 1. The van der Waals surface area contributed by atoms with E-state index >= 15 is 0 Å². The van der Waals surface area contributed by atoms with Crippen LogP contribution in [0.15, 0.2) is 17.3 Å². The summed E-state index contributed by atoms with van der Waals surface area (Å²) in [5.74, 6) is 1.70. The quantitative estimate of drug-likeness (QED) is 0.369. The predicted octanol–water partition coefficient (Wildman–Crippen LogP) is 2.11. The molecule has 2 rings (SSSR count). The molecule has 0 radical (unpaired) electrons. The topological polar surface area (TPSA) is 74.7 Å². The molecule has 1 aliphatic carbocycles. The van der Waals surface area contributed by atoms with Crippen LogP contribution in [0.1, 0.15) is 37.4 Å². The molecule has 1 aliphatic rings. The van der Waals surface area contributed by atoms with E-state index in [1.54, 1.807) is 0 Å². The highest BCUT2D eigenvalue weighted by molar-refractivity contribution is 6.01. The number of anilines is 1. The lowest BCUT2D eigenvalue weighted by molar-refractivity contribution is 0.317. The van der Waals surface area contributed by atoms with Crippen LogP contribution in [-0.4, -0.2) is 29.1 Å². The fraction of sp³-hybridized carbons (Fsp3) is 0.571. The van der Waals surface area contributed by atoms with Crippen LogP contribution in [0.2, 0.25) is 0 Å². The monoisotopic (exact) mass is 262 g/mol. The van der Waals surface area contributed by atoms with E-state index in [9.17, 15) is 0 Å². The lowest BCUT2D eigenvalue weighted by Crippen LogP contribution is -2.34. The number of hydrogen-bond acceptors (Lipinski definition) is 4. The molecular formula is C14H22N4O. The Morgan fingerprint density at radius 1 is 1.53 bits per heavy atom. The highest BCUT2D eigenvalue weighted by Gasteiger charge is 2.23. The number of aromatic nitrogens is 1. The Kier molecular flexibility index (Phi) is 4.24. The van der Waals surface area contributed by atoms with Gasteiger partial charge in [0.2, 0.25) is 0 Å². The van der Waals surface area contributed by atoms with Gasteiger partial charge in [0, 0.05) is 18.8 Å². The average molecular weight is 262 g/mol. The summed E-state index contributed by atoms with van der Waals surface area (Å²) in [5.41, 5.74) is 7.39. The molecule has 1 aromatic rings. The van der Waals surface area contributed by atoms with Crippen LogP contribution in [0.4, 0.5) is 5.82 Å². The van der Waals surface area contributed by atoms with E-state index in [2.05, 4.69) is 22.0 Å². The Morgan fingerprint density at radius 3 is 2.79 bits per heavy atom. The van der Waals surface area contributed by atoms with E-state index in [-0.39, 0.29) is 5.84 Å². The molecule has 104 valence electrons. The maximum absolute atomic E-state index is 8.89. The molecule has 0 saturated heterocycles. The summed E-state index contributed by atoms with van der Waals surface area (Å²) in [4.78, 5) is 6.81. The third kappa shape index (κ3) is 2.97. The summed E-state index contributed by atoms with van der Waals surface area (Å²) < 4.78 is 0. The summed E-state index contributed by atoms with van der Waals surface area (Å²) in [6.07, 6.45) is 3.92. The molecular weight excluding hydrogens is 240 g/mol. The first-order chi connectivity index (χ1) is 9.15. The normalized spacial score (nSPS) is 16.2. The van der Waals surface area contributed by atoms with Crippen LogP contribution < -0.4 is 10.6 Å². The van der Waals surface area contributed by atoms with E-state index in [0.717, 1.165) is 30.5 Å². The van der Waals surface area contributed by atoms with Gasteiger partial charge in [0.25, 0.3) is 0 Å². The van der Waals surface area contributed by atoms with Crippen LogP contribution in [-0.2, 0) is 0 Å². The third-order valence-electron chi connectivity index (χ3n) is 3.78. The van der Waals surface area contributed by atoms with Gasteiger partial charge in [-0.05, 0) is 44.7 Å². The number of aryl methyl sites for hydroxylation is 1. The van der Waals surface area contributed by atoms with Crippen LogP contribution in [0.25, 0.3) is 0 Å². The fourth-order valence-electron chi connectivity index (χ4n) is 2.39. The molecule has 0 atom stereocenters. The molecule has 1 aromatic heterocycles. The maximum atomic E-state index is 8.89. The first-order valence-corrected chi connectivity index (χ1v) is 6.86. The molecule has 0 aliphatic heterocycles. The van der Waals surface area contributed by atoms with Gasteiger partial charge in [0.05, 0.1) is 5.56 Å². The van der Waals surface area contributed by atoms with E-state index in [4.69, 9.17) is 10.9 Å². The van der Waals surface area contributed by atoms with Crippen LogP contribution >= 0.6 is 0 Å². The van der Waals surface area contributed by atoms with Crippen molar-refractivity contribution in [2.24, 2.45) is 16.8 Å². The van der Waals surface area contributed by atoms with Crippen molar-refractivity contribution in [3.05, 3.63) is 23.4 Å². The molecule has 5 nitrogen and oxygen atoms in total. The number of nitrogens with two attached hydrogens (primary N) is 1. The second-order valence-electron chi connectivity index (χ2n) is 5.14. The zero-order valence-electron chi connectivity index (χ0n) is 11.6. The molecule has 1 saturated carbocycles. The third-order valence-corrected chi connectivity index (χ3v) is 3.78. The van der Waals surface area contributed by atoms with Gasteiger partial charge in [0.1, 0.15) is 5.82 Å². The Morgan fingerprint density at radius 2 is 2.26 bits per heavy atom. The lowest BCUT2D eigenvalue weighted by Gasteiger charge is -2.33. The lowest BCUT2D eigenvalue weighted by atomic mass is 9.85. The van der Waals surface area contributed by atoms with Crippen molar-refractivity contribution in [3.8, 4) is 0 Å². The summed E-state index contributed by atoms with van der Waals surface area (Å²) in [5, 5.41) is 12.0. The minimum Gasteiger partial charge on any atom is -0.409 e. The Hall–Kier alpha value is -1.78. The summed E-state index contributed by atoms with van der Waals surface area (Å²) >= 11 is 0. The predicted molar refractivity (Wildman–Crippen MR) is 76.7 cm³/mol. The highest BCUT2D eigenvalue weighted by atomic mass is 16.4. The average Bonchev–Trinajstić information content (AvgIpc) is 2.37. The molecule has 19 heavy (non-hydrogen) atoms. The van der Waals surface area contributed by atoms with Crippen LogP contribution in [0, 0.1) is 12.8 Å². The van der Waals surface area contributed by atoms with E-state index < -0.39 is 0 Å². The van der Waals surface area contributed by atoms with Crippen molar-refractivity contribution in [2.75, 3.05) is 18.0 Å². The van der Waals surface area contributed by atoms with Crippen molar-refractivity contribution < 1.29 is 5.21 Å². The van der Waals surface area contributed by atoms with Gasteiger partial charge >= 0.3 is 0 Å². The van der Waals surface area contributed by atoms with Crippen molar-refractivity contribution in [1.82, 2.24) is 4.98 Å². The molecule has 0 spiro atoms. The number of rotatable bonds is 5. The molecule has 1 fully saturated rings. The van der Waals surface area contributed by atoms with Crippen molar-refractivity contribution in [2.45, 2.75) is 33.1 Å². The van der Waals surface area contributed by atoms with Gasteiger partial charge in [-0.1, -0.05) is 11.6 Å². The standard InChI is InChI=1S/C14H22N4O/c1-3-18(9-11-5-4-6-11)14-12(13(15)17-19)8-7-10(2)16-14/h7-8,11,19H,3-6,9H2,1-2H3,(H2,15,17). The largest absolute Gasteiger partial charge is 0.409 e. The summed E-state index contributed by atoms with van der Waals surface area (Å²) in [6.45, 7) is 5.94. The molecule has 0 bridgehead atoms. The van der Waals surface area contributed by atoms with Gasteiger partial charge in [-0.3, -0.25) is 0 Å². The minimum absolute atomic E-state index is 0.120. The van der Waals surface area contributed by atoms with Gasteiger partial charge in [0.15, 0.2) is 5.84 Å². The SMILES string of the molecule is CCN(CC1CCC1)c1nc(C)ccc1/C(N)=N/O. The molecule has 0 aromatic carbocycles. The Labute approximate surface area is 114 Å². The van der Waals surface area contributed by atoms with E-state index in [0.29, 0.717) is 5.56 Å². The zero-order valence-corrected chi connectivity index (χ0v) is 11.6. The first kappa shape index (κ1) is 13.6. The Bertz CT molecular complexity index is 469. The number of amidine groups is 1. The van der Waals surface area contributed by atoms with Crippen LogP contribution in [0.3, 0.4) is 0 Å². The highest BCUT2D eigenvalue weighted by Crippen LogP contribution is 2.29. The van der Waals surface area contributed by atoms with Crippen LogP contribution in [0.5, 0.6) is 0 Å². The first-order valence-electron chi connectivity index (χ1n) is 6.86. The zero-order chi connectivity index (χ0) is 13.8. The summed E-state index contributed by atoms with van der Waals surface area (Å²) in [7, 11) is 0. The van der Waals surface area contributed by atoms with Gasteiger partial charge < -0.3 is 15.8 Å². The molecule has 1 heterocycles. The summed E-state index contributed by atoms with van der Waals surface area (Å²) in [6, 6.07) is 3.75. The minimum atomic E-state index is 0.120. The molecule has 5 heteroatoms. The van der Waals surface area contributed by atoms with Gasteiger partial charge in [-0.25, -0.2) is 4.98 Å².